The molecule has 5 atom stereocenters. The minimum atomic E-state index is -0.499. The van der Waals surface area contributed by atoms with Crippen LogP contribution in [0.3, 0.4) is 0 Å². The molecule has 32 heavy (non-hydrogen) atoms. The van der Waals surface area contributed by atoms with E-state index < -0.39 is 6.10 Å². The van der Waals surface area contributed by atoms with Crippen LogP contribution in [0.25, 0.3) is 0 Å². The van der Waals surface area contributed by atoms with Crippen LogP contribution in [0.15, 0.2) is 48.1 Å². The lowest BCUT2D eigenvalue weighted by molar-refractivity contribution is 0.140. The van der Waals surface area contributed by atoms with Crippen LogP contribution >= 0.6 is 0 Å². The first-order valence-corrected chi connectivity index (χ1v) is 12.8. The number of aliphatic hydroxyl groups excluding tert-OH is 2. The molecule has 176 valence electrons. The Morgan fingerprint density at radius 1 is 1.19 bits per heavy atom. The van der Waals surface area contributed by atoms with Crippen LogP contribution in [0.2, 0.25) is 0 Å². The van der Waals surface area contributed by atoms with Gasteiger partial charge in [0.15, 0.2) is 0 Å². The number of hydrogen-bond donors (Lipinski definition) is 3. The molecule has 0 spiro atoms. The predicted octanol–water partition coefficient (Wildman–Crippen LogP) is 3.86. The Bertz CT molecular complexity index is 783. The molecule has 0 amide bonds. The van der Waals surface area contributed by atoms with Gasteiger partial charge in [0, 0.05) is 25.4 Å². The number of aliphatic hydroxyl groups is 2. The topological polar surface area (TPSA) is 55.7 Å². The third kappa shape index (κ3) is 6.54. The fourth-order valence-corrected chi connectivity index (χ4v) is 5.99. The molecule has 1 aromatic rings. The molecule has 2 aliphatic carbocycles. The summed E-state index contributed by atoms with van der Waals surface area (Å²) in [6, 6.07) is 8.32. The van der Waals surface area contributed by atoms with Crippen molar-refractivity contribution in [1.29, 1.82) is 0 Å². The zero-order chi connectivity index (χ0) is 22.3. The van der Waals surface area contributed by atoms with Crippen LogP contribution in [-0.4, -0.2) is 60.0 Å². The maximum absolute atomic E-state index is 10.6. The van der Waals surface area contributed by atoms with E-state index in [9.17, 15) is 10.2 Å². The van der Waals surface area contributed by atoms with Crippen LogP contribution in [0, 0.1) is 24.7 Å². The second-order valence-electron chi connectivity index (χ2n) is 10.3. The Balaban J connectivity index is 1.19. The van der Waals surface area contributed by atoms with Crippen LogP contribution in [-0.2, 0) is 6.42 Å². The first-order chi connectivity index (χ1) is 15.6. The van der Waals surface area contributed by atoms with Gasteiger partial charge in [-0.15, -0.1) is 0 Å². The quantitative estimate of drug-likeness (QED) is 0.384. The highest BCUT2D eigenvalue weighted by atomic mass is 16.3. The van der Waals surface area contributed by atoms with Gasteiger partial charge in [0.05, 0.1) is 12.2 Å². The smallest absolute Gasteiger partial charge is 0.0761 e. The zero-order valence-electron chi connectivity index (χ0n) is 19.8. The summed E-state index contributed by atoms with van der Waals surface area (Å²) in [7, 11) is 0. The highest BCUT2D eigenvalue weighted by Gasteiger charge is 2.43. The molecule has 0 radical (unpaired) electrons. The standard InChI is InChI=1S/C28H42N2O2/c1-21-6-5-7-22(16-21)18-25(31)8-9-26-27-19-23(17-24(27)20-28(26)32)10-11-29-12-15-30-13-3-2-4-14-30/h5-9,16-17,24-29,31-32H,2-4,10-15,18-20H2,1H3/t24-,25+,26+,27-,28+/m0/s1. The molecular formula is C28H42N2O2. The summed E-state index contributed by atoms with van der Waals surface area (Å²) >= 11 is 0. The summed E-state index contributed by atoms with van der Waals surface area (Å²) in [5, 5.41) is 24.7. The van der Waals surface area contributed by atoms with Gasteiger partial charge in [-0.2, -0.15) is 0 Å². The van der Waals surface area contributed by atoms with Gasteiger partial charge in [-0.1, -0.05) is 60.1 Å². The van der Waals surface area contributed by atoms with Gasteiger partial charge in [0.1, 0.15) is 0 Å². The fourth-order valence-electron chi connectivity index (χ4n) is 5.99. The van der Waals surface area contributed by atoms with Crippen molar-refractivity contribution in [2.75, 3.05) is 32.7 Å². The van der Waals surface area contributed by atoms with Crippen molar-refractivity contribution in [3.05, 3.63) is 59.2 Å². The van der Waals surface area contributed by atoms with Crippen molar-refractivity contribution in [2.24, 2.45) is 17.8 Å². The molecule has 4 nitrogen and oxygen atoms in total. The molecule has 1 aromatic carbocycles. The minimum Gasteiger partial charge on any atom is -0.392 e. The summed E-state index contributed by atoms with van der Waals surface area (Å²) < 4.78 is 0. The van der Waals surface area contributed by atoms with E-state index in [-0.39, 0.29) is 12.0 Å². The molecule has 3 N–H and O–H groups in total. The van der Waals surface area contributed by atoms with Crippen molar-refractivity contribution in [3.63, 3.8) is 0 Å². The molecule has 1 heterocycles. The van der Waals surface area contributed by atoms with Gasteiger partial charge in [0.2, 0.25) is 0 Å². The Hall–Kier alpha value is -1.46. The first kappa shape index (κ1) is 23.7. The number of nitrogens with zero attached hydrogens (tertiary/aromatic N) is 1. The molecule has 0 unspecified atom stereocenters. The van der Waals surface area contributed by atoms with E-state index in [0.717, 1.165) is 37.9 Å². The van der Waals surface area contributed by atoms with Crippen LogP contribution < -0.4 is 5.32 Å². The molecule has 4 rings (SSSR count). The number of nitrogens with one attached hydrogen (secondary N) is 1. The summed E-state index contributed by atoms with van der Waals surface area (Å²) in [6.45, 7) is 7.94. The molecule has 3 aliphatic rings. The number of likely N-dealkylation sites (tertiary alicyclic amines) is 1. The number of rotatable bonds is 10. The average Bonchev–Trinajstić information content (AvgIpc) is 3.29. The van der Waals surface area contributed by atoms with Crippen LogP contribution in [0.5, 0.6) is 0 Å². The van der Waals surface area contributed by atoms with Crippen molar-refractivity contribution >= 4 is 0 Å². The molecule has 0 bridgehead atoms. The lowest BCUT2D eigenvalue weighted by Gasteiger charge is -2.26. The summed E-state index contributed by atoms with van der Waals surface area (Å²) in [4.78, 5) is 2.58. The second kappa shape index (κ2) is 11.6. The fraction of sp³-hybridized carbons (Fsp3) is 0.643. The molecular weight excluding hydrogens is 396 g/mol. The zero-order valence-corrected chi connectivity index (χ0v) is 19.8. The average molecular weight is 439 g/mol. The van der Waals surface area contributed by atoms with Gasteiger partial charge in [-0.25, -0.2) is 0 Å². The summed E-state index contributed by atoms with van der Waals surface area (Å²) in [5.74, 6) is 1.15. The summed E-state index contributed by atoms with van der Waals surface area (Å²) in [5.41, 5.74) is 3.93. The van der Waals surface area contributed by atoms with Crippen molar-refractivity contribution in [3.8, 4) is 0 Å². The van der Waals surface area contributed by atoms with Gasteiger partial charge in [-0.3, -0.25) is 0 Å². The lowest BCUT2D eigenvalue weighted by Crippen LogP contribution is -2.36. The Labute approximate surface area is 194 Å². The Kier molecular flexibility index (Phi) is 8.59. The Morgan fingerprint density at radius 2 is 2.03 bits per heavy atom. The van der Waals surface area contributed by atoms with E-state index in [1.54, 1.807) is 5.57 Å². The molecule has 2 fully saturated rings. The van der Waals surface area contributed by atoms with Crippen LogP contribution in [0.4, 0.5) is 0 Å². The van der Waals surface area contributed by atoms with E-state index in [0.29, 0.717) is 18.3 Å². The molecule has 0 aromatic heterocycles. The van der Waals surface area contributed by atoms with Gasteiger partial charge >= 0.3 is 0 Å². The first-order valence-electron chi connectivity index (χ1n) is 12.8. The van der Waals surface area contributed by atoms with Crippen molar-refractivity contribution < 1.29 is 10.2 Å². The van der Waals surface area contributed by atoms with Crippen molar-refractivity contribution in [1.82, 2.24) is 10.2 Å². The van der Waals surface area contributed by atoms with Crippen molar-refractivity contribution in [2.45, 2.75) is 64.1 Å². The van der Waals surface area contributed by atoms with E-state index in [2.05, 4.69) is 47.5 Å². The maximum atomic E-state index is 10.6. The Morgan fingerprint density at radius 3 is 2.84 bits per heavy atom. The summed E-state index contributed by atoms with van der Waals surface area (Å²) in [6.07, 6.45) is 13.5. The lowest BCUT2D eigenvalue weighted by atomic mass is 9.88. The highest BCUT2D eigenvalue weighted by Crippen LogP contribution is 2.47. The van der Waals surface area contributed by atoms with Gasteiger partial charge < -0.3 is 20.4 Å². The molecule has 4 heteroatoms. The van der Waals surface area contributed by atoms with E-state index in [1.165, 1.54) is 44.5 Å². The molecule has 1 aliphatic heterocycles. The number of piperidine rings is 1. The minimum absolute atomic E-state index is 0.160. The van der Waals surface area contributed by atoms with E-state index in [1.807, 2.05) is 12.1 Å². The third-order valence-electron chi connectivity index (χ3n) is 7.71. The monoisotopic (exact) mass is 438 g/mol. The highest BCUT2D eigenvalue weighted by molar-refractivity contribution is 5.24. The van der Waals surface area contributed by atoms with E-state index in [4.69, 9.17) is 0 Å². The predicted molar refractivity (Wildman–Crippen MR) is 132 cm³/mol. The van der Waals surface area contributed by atoms with Gasteiger partial charge in [-0.05, 0) is 76.1 Å². The normalized spacial score (nSPS) is 29.4. The maximum Gasteiger partial charge on any atom is 0.0761 e. The van der Waals surface area contributed by atoms with Gasteiger partial charge in [0.25, 0.3) is 0 Å². The number of aryl methyl sites for hydroxylation is 1. The van der Waals surface area contributed by atoms with E-state index >= 15 is 0 Å². The SMILES string of the molecule is Cc1cccc(C[C@H](O)C=C[C@@H]2[C@H]3CC(CCNCCN4CCCCC4)=C[C@H]3C[C@H]2O)c1. The molecule has 1 saturated heterocycles. The number of allylic oxidation sites excluding steroid dienone is 1. The molecule has 1 saturated carbocycles. The third-order valence-corrected chi connectivity index (χ3v) is 7.71. The van der Waals surface area contributed by atoms with Crippen LogP contribution in [0.1, 0.15) is 49.7 Å². The second-order valence-corrected chi connectivity index (χ2v) is 10.3. The number of hydrogen-bond acceptors (Lipinski definition) is 4. The number of benzene rings is 1. The number of fused-ring (bicyclic) bond motifs is 1. The largest absolute Gasteiger partial charge is 0.392 e.